The fourth-order valence-electron chi connectivity index (χ4n) is 2.88. The summed E-state index contributed by atoms with van der Waals surface area (Å²) in [6.07, 6.45) is -0.328. The number of ether oxygens (including phenoxy) is 2. The summed E-state index contributed by atoms with van der Waals surface area (Å²) in [7, 11) is 3.45. The third kappa shape index (κ3) is 6.24. The summed E-state index contributed by atoms with van der Waals surface area (Å²) in [5.41, 5.74) is 1.31. The Hall–Kier alpha value is -3.53. The van der Waals surface area contributed by atoms with E-state index < -0.39 is 0 Å². The predicted octanol–water partition coefficient (Wildman–Crippen LogP) is 3.65. The van der Waals surface area contributed by atoms with Crippen molar-refractivity contribution in [1.82, 2.24) is 14.8 Å². The maximum atomic E-state index is 12.3. The van der Waals surface area contributed by atoms with E-state index in [1.807, 2.05) is 42.8 Å². The number of carbonyl (C=O) groups excluding carboxylic acids is 2. The van der Waals surface area contributed by atoms with Gasteiger partial charge in [0.25, 0.3) is 0 Å². The zero-order valence-electron chi connectivity index (χ0n) is 18.3. The Kier molecular flexibility index (Phi) is 7.72. The molecule has 0 radical (unpaired) electrons. The summed E-state index contributed by atoms with van der Waals surface area (Å²) in [6.45, 7) is 3.33. The Balaban J connectivity index is 1.53. The Morgan fingerprint density at radius 3 is 2.19 bits per heavy atom. The number of anilines is 2. The molecule has 1 heterocycles. The lowest BCUT2D eigenvalue weighted by molar-refractivity contribution is -0.114. The SMILES string of the molecule is COc1ccc(OC(C)c2nnc(SCC(=O)Nc3ccc(NC(C)=O)cc3)n2C)cc1. The van der Waals surface area contributed by atoms with Crippen molar-refractivity contribution in [3.05, 3.63) is 54.4 Å². The van der Waals surface area contributed by atoms with E-state index in [9.17, 15) is 9.59 Å². The summed E-state index contributed by atoms with van der Waals surface area (Å²) in [5, 5.41) is 14.5. The molecular formula is C22H25N5O4S. The van der Waals surface area contributed by atoms with Gasteiger partial charge in [0.2, 0.25) is 11.8 Å². The molecule has 0 saturated heterocycles. The van der Waals surface area contributed by atoms with Gasteiger partial charge in [0.1, 0.15) is 11.5 Å². The van der Waals surface area contributed by atoms with Crippen LogP contribution in [0.5, 0.6) is 11.5 Å². The molecule has 0 bridgehead atoms. The lowest BCUT2D eigenvalue weighted by Gasteiger charge is -2.14. The van der Waals surface area contributed by atoms with E-state index in [2.05, 4.69) is 20.8 Å². The van der Waals surface area contributed by atoms with E-state index in [4.69, 9.17) is 9.47 Å². The normalized spacial score (nSPS) is 11.5. The van der Waals surface area contributed by atoms with Crippen LogP contribution in [0.3, 0.4) is 0 Å². The van der Waals surface area contributed by atoms with Crippen LogP contribution in [0.2, 0.25) is 0 Å². The number of rotatable bonds is 9. The minimum atomic E-state index is -0.328. The molecule has 9 nitrogen and oxygen atoms in total. The Morgan fingerprint density at radius 2 is 1.59 bits per heavy atom. The topological polar surface area (TPSA) is 107 Å². The van der Waals surface area contributed by atoms with Crippen LogP contribution >= 0.6 is 11.8 Å². The lowest BCUT2D eigenvalue weighted by atomic mass is 10.3. The first-order valence-corrected chi connectivity index (χ1v) is 10.8. The summed E-state index contributed by atoms with van der Waals surface area (Å²) in [5.74, 6) is 1.95. The van der Waals surface area contributed by atoms with Crippen molar-refractivity contribution in [1.29, 1.82) is 0 Å². The summed E-state index contributed by atoms with van der Waals surface area (Å²) in [4.78, 5) is 23.4. The molecule has 168 valence electrons. The number of thioether (sulfide) groups is 1. The minimum absolute atomic E-state index is 0.148. The molecule has 32 heavy (non-hydrogen) atoms. The zero-order chi connectivity index (χ0) is 23.1. The van der Waals surface area contributed by atoms with Gasteiger partial charge in [-0.15, -0.1) is 10.2 Å². The second kappa shape index (κ2) is 10.7. The van der Waals surface area contributed by atoms with Crippen molar-refractivity contribution in [3.63, 3.8) is 0 Å². The van der Waals surface area contributed by atoms with Crippen LogP contribution in [0.1, 0.15) is 25.8 Å². The highest BCUT2D eigenvalue weighted by Gasteiger charge is 2.18. The summed E-state index contributed by atoms with van der Waals surface area (Å²) >= 11 is 1.28. The number of carbonyl (C=O) groups is 2. The van der Waals surface area contributed by atoms with Crippen LogP contribution in [-0.4, -0.2) is 39.4 Å². The second-order valence-electron chi connectivity index (χ2n) is 6.93. The molecule has 3 aromatic rings. The lowest BCUT2D eigenvalue weighted by Crippen LogP contribution is -2.15. The van der Waals surface area contributed by atoms with Crippen molar-refractivity contribution in [3.8, 4) is 11.5 Å². The molecule has 0 spiro atoms. The van der Waals surface area contributed by atoms with Gasteiger partial charge >= 0.3 is 0 Å². The number of hydrogen-bond donors (Lipinski definition) is 2. The highest BCUT2D eigenvalue weighted by Crippen LogP contribution is 2.25. The molecule has 3 rings (SSSR count). The quantitative estimate of drug-likeness (QED) is 0.474. The largest absolute Gasteiger partial charge is 0.497 e. The molecule has 2 N–H and O–H groups in total. The third-order valence-electron chi connectivity index (χ3n) is 4.43. The summed E-state index contributed by atoms with van der Waals surface area (Å²) in [6, 6.07) is 14.2. The number of methoxy groups -OCH3 is 1. The van der Waals surface area contributed by atoms with E-state index in [-0.39, 0.29) is 23.7 Å². The van der Waals surface area contributed by atoms with Gasteiger partial charge in [-0.2, -0.15) is 0 Å². The van der Waals surface area contributed by atoms with E-state index in [0.717, 1.165) is 5.75 Å². The van der Waals surface area contributed by atoms with Crippen LogP contribution in [-0.2, 0) is 16.6 Å². The first-order chi connectivity index (χ1) is 15.4. The maximum absolute atomic E-state index is 12.3. The van der Waals surface area contributed by atoms with Crippen molar-refractivity contribution in [2.45, 2.75) is 25.1 Å². The number of nitrogens with zero attached hydrogens (tertiary/aromatic N) is 3. The molecule has 1 aromatic heterocycles. The molecule has 0 aliphatic carbocycles. The number of nitrogens with one attached hydrogen (secondary N) is 2. The fraction of sp³-hybridized carbons (Fsp3) is 0.273. The number of amides is 2. The fourth-order valence-corrected chi connectivity index (χ4v) is 3.60. The Morgan fingerprint density at radius 1 is 1.00 bits per heavy atom. The van der Waals surface area contributed by atoms with Crippen LogP contribution < -0.4 is 20.1 Å². The van der Waals surface area contributed by atoms with E-state index in [0.29, 0.717) is 28.1 Å². The van der Waals surface area contributed by atoms with Gasteiger partial charge in [0, 0.05) is 25.3 Å². The molecule has 1 unspecified atom stereocenters. The van der Waals surface area contributed by atoms with Crippen molar-refractivity contribution in [2.24, 2.45) is 7.05 Å². The Labute approximate surface area is 190 Å². The van der Waals surface area contributed by atoms with Gasteiger partial charge in [0.15, 0.2) is 17.1 Å². The second-order valence-corrected chi connectivity index (χ2v) is 7.87. The molecule has 10 heteroatoms. The predicted molar refractivity (Wildman–Crippen MR) is 123 cm³/mol. The number of aromatic nitrogens is 3. The molecule has 1 atom stereocenters. The van der Waals surface area contributed by atoms with Gasteiger partial charge in [-0.05, 0) is 55.5 Å². The van der Waals surface area contributed by atoms with Crippen LogP contribution in [0.25, 0.3) is 0 Å². The molecule has 0 saturated carbocycles. The zero-order valence-corrected chi connectivity index (χ0v) is 19.1. The molecule has 2 aromatic carbocycles. The van der Waals surface area contributed by atoms with Crippen LogP contribution in [0.15, 0.2) is 53.7 Å². The van der Waals surface area contributed by atoms with E-state index in [1.165, 1.54) is 18.7 Å². The van der Waals surface area contributed by atoms with E-state index >= 15 is 0 Å². The molecular weight excluding hydrogens is 430 g/mol. The van der Waals surface area contributed by atoms with Crippen molar-refractivity contribution < 1.29 is 19.1 Å². The highest BCUT2D eigenvalue weighted by atomic mass is 32.2. The maximum Gasteiger partial charge on any atom is 0.234 e. The van der Waals surface area contributed by atoms with Crippen LogP contribution in [0, 0.1) is 0 Å². The van der Waals surface area contributed by atoms with Crippen molar-refractivity contribution in [2.75, 3.05) is 23.5 Å². The first kappa shape index (κ1) is 23.1. The van der Waals surface area contributed by atoms with Gasteiger partial charge in [0.05, 0.1) is 12.9 Å². The first-order valence-electron chi connectivity index (χ1n) is 9.86. The molecule has 0 fully saturated rings. The molecule has 2 amide bonds. The smallest absolute Gasteiger partial charge is 0.234 e. The van der Waals surface area contributed by atoms with Crippen LogP contribution in [0.4, 0.5) is 11.4 Å². The number of benzene rings is 2. The Bertz CT molecular complexity index is 1070. The standard InChI is InChI=1S/C22H25N5O4S/c1-14(31-19-11-9-18(30-4)10-12-19)21-25-26-22(27(21)3)32-13-20(29)24-17-7-5-16(6-8-17)23-15(2)28/h5-12,14H,13H2,1-4H3,(H,23,28)(H,24,29). The summed E-state index contributed by atoms with van der Waals surface area (Å²) < 4.78 is 12.9. The number of hydrogen-bond acceptors (Lipinski definition) is 7. The third-order valence-corrected chi connectivity index (χ3v) is 5.45. The van der Waals surface area contributed by atoms with Gasteiger partial charge in [-0.3, -0.25) is 9.59 Å². The van der Waals surface area contributed by atoms with Gasteiger partial charge in [-0.1, -0.05) is 11.8 Å². The van der Waals surface area contributed by atoms with Gasteiger partial charge in [-0.25, -0.2) is 0 Å². The average molecular weight is 456 g/mol. The monoisotopic (exact) mass is 455 g/mol. The van der Waals surface area contributed by atoms with Gasteiger partial charge < -0.3 is 24.7 Å². The highest BCUT2D eigenvalue weighted by molar-refractivity contribution is 7.99. The minimum Gasteiger partial charge on any atom is -0.497 e. The molecule has 0 aliphatic rings. The van der Waals surface area contributed by atoms with E-state index in [1.54, 1.807) is 31.4 Å². The average Bonchev–Trinajstić information content (AvgIpc) is 3.14. The van der Waals surface area contributed by atoms with Crippen molar-refractivity contribution >= 4 is 35.0 Å². The molecule has 0 aliphatic heterocycles.